The van der Waals surface area contributed by atoms with E-state index in [-0.39, 0.29) is 17.9 Å². The molecule has 1 aliphatic carbocycles. The number of carbonyl (C=O) groups excluding carboxylic acids is 2. The van der Waals surface area contributed by atoms with Crippen LogP contribution in [0.1, 0.15) is 61.7 Å². The molecule has 1 heterocycles. The van der Waals surface area contributed by atoms with Crippen molar-refractivity contribution in [1.29, 1.82) is 0 Å². The number of hydrogen-bond donors (Lipinski definition) is 3. The van der Waals surface area contributed by atoms with E-state index in [0.717, 1.165) is 44.3 Å². The number of carbonyl (C=O) groups is 2. The Morgan fingerprint density at radius 3 is 2.29 bits per heavy atom. The fraction of sp³-hybridized carbons (Fsp3) is 0.579. The number of amides is 2. The molecule has 2 fully saturated rings. The van der Waals surface area contributed by atoms with Crippen LogP contribution in [0.2, 0.25) is 0 Å². The molecule has 2 aliphatic rings. The monoisotopic (exact) mass is 329 g/mol. The third kappa shape index (κ3) is 4.57. The molecule has 130 valence electrons. The normalized spacial score (nSPS) is 21.9. The molecule has 0 spiro atoms. The van der Waals surface area contributed by atoms with E-state index < -0.39 is 0 Å². The largest absolute Gasteiger partial charge is 0.349 e. The van der Waals surface area contributed by atoms with Gasteiger partial charge in [0.25, 0.3) is 5.91 Å². The van der Waals surface area contributed by atoms with Crippen molar-refractivity contribution in [2.45, 2.75) is 63.5 Å². The van der Waals surface area contributed by atoms with Crippen molar-refractivity contribution in [2.24, 2.45) is 0 Å². The molecule has 3 N–H and O–H groups in total. The summed E-state index contributed by atoms with van der Waals surface area (Å²) in [5.74, 6) is -0.0113. The van der Waals surface area contributed by atoms with Gasteiger partial charge in [-0.3, -0.25) is 9.59 Å². The van der Waals surface area contributed by atoms with Crippen molar-refractivity contribution in [1.82, 2.24) is 10.6 Å². The maximum absolute atomic E-state index is 12.3. The van der Waals surface area contributed by atoms with Gasteiger partial charge in [-0.15, -0.1) is 0 Å². The first kappa shape index (κ1) is 17.0. The second-order valence-electron chi connectivity index (χ2n) is 6.88. The second kappa shape index (κ2) is 8.29. The molecule has 1 saturated heterocycles. The van der Waals surface area contributed by atoms with Crippen LogP contribution in [-0.4, -0.2) is 30.4 Å². The third-order valence-electron chi connectivity index (χ3n) is 4.98. The van der Waals surface area contributed by atoms with E-state index in [2.05, 4.69) is 16.0 Å². The van der Waals surface area contributed by atoms with Crippen LogP contribution in [0, 0.1) is 0 Å². The molecule has 5 heteroatoms. The predicted octanol–water partition coefficient (Wildman–Crippen LogP) is 2.83. The van der Waals surface area contributed by atoms with Gasteiger partial charge in [-0.1, -0.05) is 25.7 Å². The maximum atomic E-state index is 12.3. The van der Waals surface area contributed by atoms with Crippen LogP contribution in [-0.2, 0) is 4.79 Å². The van der Waals surface area contributed by atoms with Crippen molar-refractivity contribution >= 4 is 17.5 Å². The average Bonchev–Trinajstić information content (AvgIpc) is 2.64. The number of rotatable bonds is 4. The zero-order valence-corrected chi connectivity index (χ0v) is 14.1. The summed E-state index contributed by atoms with van der Waals surface area (Å²) >= 11 is 0. The van der Waals surface area contributed by atoms with E-state index in [1.807, 2.05) is 0 Å². The van der Waals surface area contributed by atoms with E-state index in [1.165, 1.54) is 19.3 Å². The zero-order chi connectivity index (χ0) is 16.8. The molecular formula is C19H27N3O2. The second-order valence-corrected chi connectivity index (χ2v) is 6.88. The molecule has 2 amide bonds. The zero-order valence-electron chi connectivity index (χ0n) is 14.1. The van der Waals surface area contributed by atoms with E-state index in [4.69, 9.17) is 0 Å². The fourth-order valence-corrected chi connectivity index (χ4v) is 3.53. The lowest BCUT2D eigenvalue weighted by molar-refractivity contribution is -0.118. The van der Waals surface area contributed by atoms with Crippen molar-refractivity contribution in [3.63, 3.8) is 0 Å². The standard InChI is InChI=1S/C19H27N3O2/c23-18(21-15-6-2-1-3-7-15)14-9-11-16(12-10-14)22-19(24)17-8-4-5-13-20-17/h9-12,15,17,20H,1-8,13H2,(H,21,23)(H,22,24). The molecule has 1 saturated carbocycles. The van der Waals surface area contributed by atoms with Crippen LogP contribution >= 0.6 is 0 Å². The van der Waals surface area contributed by atoms with Crippen LogP contribution in [0.15, 0.2) is 24.3 Å². The summed E-state index contributed by atoms with van der Waals surface area (Å²) in [6, 6.07) is 7.37. The molecule has 1 aliphatic heterocycles. The van der Waals surface area contributed by atoms with Gasteiger partial charge in [-0.2, -0.15) is 0 Å². The Hall–Kier alpha value is -1.88. The molecular weight excluding hydrogens is 302 g/mol. The average molecular weight is 329 g/mol. The van der Waals surface area contributed by atoms with Crippen LogP contribution in [0.3, 0.4) is 0 Å². The molecule has 3 rings (SSSR count). The molecule has 24 heavy (non-hydrogen) atoms. The lowest BCUT2D eigenvalue weighted by atomic mass is 9.95. The number of piperidine rings is 1. The van der Waals surface area contributed by atoms with Crippen molar-refractivity contribution < 1.29 is 9.59 Å². The maximum Gasteiger partial charge on any atom is 0.251 e. The SMILES string of the molecule is O=C(NC1CCCCC1)c1ccc(NC(=O)C2CCCCN2)cc1. The fourth-order valence-electron chi connectivity index (χ4n) is 3.53. The topological polar surface area (TPSA) is 70.2 Å². The lowest BCUT2D eigenvalue weighted by Gasteiger charge is -2.23. The van der Waals surface area contributed by atoms with Crippen LogP contribution in [0.4, 0.5) is 5.69 Å². The highest BCUT2D eigenvalue weighted by Crippen LogP contribution is 2.18. The van der Waals surface area contributed by atoms with Gasteiger partial charge in [-0.05, 0) is 56.5 Å². The number of anilines is 1. The quantitative estimate of drug-likeness (QED) is 0.795. The van der Waals surface area contributed by atoms with Crippen LogP contribution in [0.5, 0.6) is 0 Å². The Morgan fingerprint density at radius 2 is 1.62 bits per heavy atom. The Labute approximate surface area is 143 Å². The molecule has 1 atom stereocenters. The predicted molar refractivity (Wildman–Crippen MR) is 95.1 cm³/mol. The van der Waals surface area contributed by atoms with E-state index in [1.54, 1.807) is 24.3 Å². The first-order valence-corrected chi connectivity index (χ1v) is 9.17. The Morgan fingerprint density at radius 1 is 0.917 bits per heavy atom. The van der Waals surface area contributed by atoms with Gasteiger partial charge in [-0.25, -0.2) is 0 Å². The lowest BCUT2D eigenvalue weighted by Crippen LogP contribution is -2.43. The molecule has 5 nitrogen and oxygen atoms in total. The van der Waals surface area contributed by atoms with Gasteiger partial charge in [0.2, 0.25) is 5.91 Å². The van der Waals surface area contributed by atoms with Gasteiger partial charge in [0, 0.05) is 17.3 Å². The van der Waals surface area contributed by atoms with E-state index in [9.17, 15) is 9.59 Å². The number of nitrogens with one attached hydrogen (secondary N) is 3. The Kier molecular flexibility index (Phi) is 5.86. The molecule has 0 bridgehead atoms. The van der Waals surface area contributed by atoms with Crippen molar-refractivity contribution in [3.05, 3.63) is 29.8 Å². The summed E-state index contributed by atoms with van der Waals surface area (Å²) in [6.07, 6.45) is 8.93. The van der Waals surface area contributed by atoms with E-state index >= 15 is 0 Å². The Bertz CT molecular complexity index is 558. The molecule has 0 radical (unpaired) electrons. The first-order chi connectivity index (χ1) is 11.7. The van der Waals surface area contributed by atoms with Crippen LogP contribution in [0.25, 0.3) is 0 Å². The summed E-state index contributed by atoms with van der Waals surface area (Å²) in [4.78, 5) is 24.5. The highest BCUT2D eigenvalue weighted by atomic mass is 16.2. The highest BCUT2D eigenvalue weighted by Gasteiger charge is 2.20. The van der Waals surface area contributed by atoms with Gasteiger partial charge in [0.1, 0.15) is 0 Å². The molecule has 1 aromatic carbocycles. The smallest absolute Gasteiger partial charge is 0.251 e. The molecule has 0 aromatic heterocycles. The highest BCUT2D eigenvalue weighted by molar-refractivity contribution is 5.97. The summed E-state index contributed by atoms with van der Waals surface area (Å²) in [5, 5.41) is 9.27. The van der Waals surface area contributed by atoms with Gasteiger partial charge in [0.15, 0.2) is 0 Å². The minimum atomic E-state index is -0.104. The molecule has 1 aromatic rings. The van der Waals surface area contributed by atoms with Crippen molar-refractivity contribution in [2.75, 3.05) is 11.9 Å². The number of benzene rings is 1. The van der Waals surface area contributed by atoms with E-state index in [0.29, 0.717) is 11.6 Å². The first-order valence-electron chi connectivity index (χ1n) is 9.17. The summed E-state index contributed by atoms with van der Waals surface area (Å²) < 4.78 is 0. The Balaban J connectivity index is 1.52. The van der Waals surface area contributed by atoms with Gasteiger partial charge >= 0.3 is 0 Å². The summed E-state index contributed by atoms with van der Waals surface area (Å²) in [5.41, 5.74) is 1.39. The molecule has 1 unspecified atom stereocenters. The summed E-state index contributed by atoms with van der Waals surface area (Å²) in [7, 11) is 0. The van der Waals surface area contributed by atoms with Crippen molar-refractivity contribution in [3.8, 4) is 0 Å². The minimum absolute atomic E-state index is 0.00843. The van der Waals surface area contributed by atoms with Gasteiger partial charge < -0.3 is 16.0 Å². The summed E-state index contributed by atoms with van der Waals surface area (Å²) in [6.45, 7) is 0.901. The van der Waals surface area contributed by atoms with Crippen LogP contribution < -0.4 is 16.0 Å². The minimum Gasteiger partial charge on any atom is -0.349 e. The third-order valence-corrected chi connectivity index (χ3v) is 4.98. The number of hydrogen-bond acceptors (Lipinski definition) is 3. The van der Waals surface area contributed by atoms with Gasteiger partial charge in [0.05, 0.1) is 6.04 Å².